The van der Waals surface area contributed by atoms with Gasteiger partial charge in [0.05, 0.1) is 28.9 Å². The van der Waals surface area contributed by atoms with Gasteiger partial charge in [-0.05, 0) is 48.9 Å². The molecule has 1 N–H and O–H groups in total. The number of imide groups is 1. The smallest absolute Gasteiger partial charge is 0.261 e. The average molecular weight is 416 g/mol. The van der Waals surface area contributed by atoms with Crippen LogP contribution in [0.25, 0.3) is 0 Å². The summed E-state index contributed by atoms with van der Waals surface area (Å²) >= 11 is 0. The van der Waals surface area contributed by atoms with Crippen molar-refractivity contribution in [2.45, 2.75) is 17.7 Å². The van der Waals surface area contributed by atoms with E-state index in [1.165, 1.54) is 44.5 Å². The molecule has 9 heteroatoms. The zero-order valence-electron chi connectivity index (χ0n) is 16.0. The standard InChI is InChI=1S/C20H20N2O6S/c1-22-19(24)16-10-5-13(12-17(16)20(22)25)21-18(23)4-3-11-29(26,27)15-8-6-14(28-2)7-9-15/h5-10,12H,3-4,11H2,1-2H3,(H,21,23). The van der Waals surface area contributed by atoms with Crippen LogP contribution >= 0.6 is 0 Å². The Labute approximate surface area is 168 Å². The van der Waals surface area contributed by atoms with Crippen molar-refractivity contribution in [3.05, 3.63) is 53.6 Å². The van der Waals surface area contributed by atoms with Crippen molar-refractivity contribution >= 4 is 33.2 Å². The minimum atomic E-state index is -3.50. The summed E-state index contributed by atoms with van der Waals surface area (Å²) < 4.78 is 29.7. The Balaban J connectivity index is 1.57. The number of hydrogen-bond acceptors (Lipinski definition) is 6. The summed E-state index contributed by atoms with van der Waals surface area (Å²) in [5, 5.41) is 2.63. The minimum Gasteiger partial charge on any atom is -0.497 e. The molecule has 0 saturated carbocycles. The first kappa shape index (κ1) is 20.5. The van der Waals surface area contributed by atoms with Crippen LogP contribution in [-0.2, 0) is 14.6 Å². The van der Waals surface area contributed by atoms with Crippen molar-refractivity contribution < 1.29 is 27.5 Å². The Morgan fingerprint density at radius 1 is 1.03 bits per heavy atom. The van der Waals surface area contributed by atoms with E-state index in [9.17, 15) is 22.8 Å². The largest absolute Gasteiger partial charge is 0.497 e. The van der Waals surface area contributed by atoms with Gasteiger partial charge in [0.1, 0.15) is 5.75 Å². The molecule has 0 aromatic heterocycles. The molecule has 3 amide bonds. The van der Waals surface area contributed by atoms with Crippen LogP contribution in [0.4, 0.5) is 5.69 Å². The van der Waals surface area contributed by atoms with Crippen molar-refractivity contribution in [1.82, 2.24) is 4.90 Å². The quantitative estimate of drug-likeness (QED) is 0.693. The Kier molecular flexibility index (Phi) is 5.69. The maximum Gasteiger partial charge on any atom is 0.261 e. The molecule has 0 fully saturated rings. The lowest BCUT2D eigenvalue weighted by atomic mass is 10.1. The third kappa shape index (κ3) is 4.29. The zero-order valence-corrected chi connectivity index (χ0v) is 16.8. The predicted octanol–water partition coefficient (Wildman–Crippen LogP) is 2.11. The van der Waals surface area contributed by atoms with Gasteiger partial charge in [0, 0.05) is 19.2 Å². The van der Waals surface area contributed by atoms with Gasteiger partial charge in [0.15, 0.2) is 9.84 Å². The van der Waals surface area contributed by atoms with Gasteiger partial charge in [-0.25, -0.2) is 8.42 Å². The molecule has 0 aliphatic carbocycles. The Hall–Kier alpha value is -3.20. The molecule has 2 aromatic carbocycles. The highest BCUT2D eigenvalue weighted by Gasteiger charge is 2.32. The van der Waals surface area contributed by atoms with Gasteiger partial charge in [0.25, 0.3) is 11.8 Å². The maximum absolute atomic E-state index is 12.4. The molecule has 1 aliphatic rings. The number of fused-ring (bicyclic) bond motifs is 1. The second-order valence-corrected chi connectivity index (χ2v) is 8.68. The first-order valence-corrected chi connectivity index (χ1v) is 10.5. The molecular formula is C20H20N2O6S. The lowest BCUT2D eigenvalue weighted by Gasteiger charge is -2.08. The van der Waals surface area contributed by atoms with Gasteiger partial charge in [-0.2, -0.15) is 0 Å². The van der Waals surface area contributed by atoms with E-state index in [1.54, 1.807) is 12.1 Å². The maximum atomic E-state index is 12.4. The fraction of sp³-hybridized carbons (Fsp3) is 0.250. The minimum absolute atomic E-state index is 0.000745. The van der Waals surface area contributed by atoms with E-state index in [0.717, 1.165) is 4.90 Å². The van der Waals surface area contributed by atoms with E-state index in [0.29, 0.717) is 17.0 Å². The number of carbonyl (C=O) groups excluding carboxylic acids is 3. The number of ether oxygens (including phenoxy) is 1. The summed E-state index contributed by atoms with van der Waals surface area (Å²) in [7, 11) is -0.614. The van der Waals surface area contributed by atoms with E-state index in [2.05, 4.69) is 5.32 Å². The van der Waals surface area contributed by atoms with Crippen LogP contribution in [0.3, 0.4) is 0 Å². The average Bonchev–Trinajstić information content (AvgIpc) is 2.92. The van der Waals surface area contributed by atoms with Crippen molar-refractivity contribution in [3.63, 3.8) is 0 Å². The van der Waals surface area contributed by atoms with Crippen molar-refractivity contribution in [2.24, 2.45) is 0 Å². The zero-order chi connectivity index (χ0) is 21.2. The molecule has 0 atom stereocenters. The molecule has 0 spiro atoms. The molecular weight excluding hydrogens is 396 g/mol. The summed E-state index contributed by atoms with van der Waals surface area (Å²) in [6, 6.07) is 10.5. The second-order valence-electron chi connectivity index (χ2n) is 6.58. The molecule has 152 valence electrons. The predicted molar refractivity (Wildman–Crippen MR) is 106 cm³/mol. The Bertz CT molecular complexity index is 1080. The molecule has 0 radical (unpaired) electrons. The van der Waals surface area contributed by atoms with E-state index in [4.69, 9.17) is 4.74 Å². The Morgan fingerprint density at radius 2 is 1.69 bits per heavy atom. The molecule has 0 bridgehead atoms. The van der Waals surface area contributed by atoms with Crippen LogP contribution in [0, 0.1) is 0 Å². The number of hydrogen-bond donors (Lipinski definition) is 1. The SMILES string of the molecule is COc1ccc(S(=O)(=O)CCCC(=O)Nc2ccc3c(c2)C(=O)N(C)C3=O)cc1. The molecule has 0 unspecified atom stereocenters. The number of sulfone groups is 1. The van der Waals surface area contributed by atoms with Gasteiger partial charge in [-0.3, -0.25) is 19.3 Å². The van der Waals surface area contributed by atoms with E-state index in [1.807, 2.05) is 0 Å². The summed E-state index contributed by atoms with van der Waals surface area (Å²) in [5.41, 5.74) is 0.904. The van der Waals surface area contributed by atoms with Gasteiger partial charge < -0.3 is 10.1 Å². The number of methoxy groups -OCH3 is 1. The number of benzene rings is 2. The first-order chi connectivity index (χ1) is 13.7. The van der Waals surface area contributed by atoms with E-state index < -0.39 is 15.7 Å². The van der Waals surface area contributed by atoms with Crippen LogP contribution in [-0.4, -0.2) is 50.9 Å². The van der Waals surface area contributed by atoms with Gasteiger partial charge in [-0.1, -0.05) is 0 Å². The van der Waals surface area contributed by atoms with Crippen LogP contribution < -0.4 is 10.1 Å². The van der Waals surface area contributed by atoms with Gasteiger partial charge in [-0.15, -0.1) is 0 Å². The fourth-order valence-electron chi connectivity index (χ4n) is 2.99. The van der Waals surface area contributed by atoms with Crippen LogP contribution in [0.2, 0.25) is 0 Å². The molecule has 3 rings (SSSR count). The lowest BCUT2D eigenvalue weighted by molar-refractivity contribution is -0.116. The normalized spacial score (nSPS) is 13.4. The van der Waals surface area contributed by atoms with Crippen molar-refractivity contribution in [1.29, 1.82) is 0 Å². The van der Waals surface area contributed by atoms with Crippen LogP contribution in [0.15, 0.2) is 47.4 Å². The number of amides is 3. The van der Waals surface area contributed by atoms with Gasteiger partial charge in [0.2, 0.25) is 5.91 Å². The Morgan fingerprint density at radius 3 is 2.34 bits per heavy atom. The van der Waals surface area contributed by atoms with Crippen LogP contribution in [0.5, 0.6) is 5.75 Å². The van der Waals surface area contributed by atoms with Crippen LogP contribution in [0.1, 0.15) is 33.6 Å². The number of anilines is 1. The molecule has 1 heterocycles. The van der Waals surface area contributed by atoms with Gasteiger partial charge >= 0.3 is 0 Å². The summed E-state index contributed by atoms with van der Waals surface area (Å²) in [5.74, 6) is -0.795. The number of rotatable bonds is 7. The molecule has 29 heavy (non-hydrogen) atoms. The molecule has 1 aliphatic heterocycles. The lowest BCUT2D eigenvalue weighted by Crippen LogP contribution is -2.24. The molecule has 8 nitrogen and oxygen atoms in total. The highest BCUT2D eigenvalue weighted by Crippen LogP contribution is 2.25. The molecule has 2 aromatic rings. The van der Waals surface area contributed by atoms with E-state index in [-0.39, 0.29) is 40.9 Å². The topological polar surface area (TPSA) is 110 Å². The first-order valence-electron chi connectivity index (χ1n) is 8.86. The highest BCUT2D eigenvalue weighted by molar-refractivity contribution is 7.91. The third-order valence-electron chi connectivity index (χ3n) is 4.61. The second kappa shape index (κ2) is 8.04. The number of nitrogens with one attached hydrogen (secondary N) is 1. The van der Waals surface area contributed by atoms with Crippen molar-refractivity contribution in [2.75, 3.05) is 25.2 Å². The summed E-state index contributed by atoms with van der Waals surface area (Å²) in [4.78, 5) is 37.2. The summed E-state index contributed by atoms with van der Waals surface area (Å²) in [6.45, 7) is 0. The third-order valence-corrected chi connectivity index (χ3v) is 6.43. The number of carbonyl (C=O) groups is 3. The summed E-state index contributed by atoms with van der Waals surface area (Å²) in [6.07, 6.45) is 0.143. The van der Waals surface area contributed by atoms with Crippen molar-refractivity contribution in [3.8, 4) is 5.75 Å². The monoisotopic (exact) mass is 416 g/mol. The fourth-order valence-corrected chi connectivity index (χ4v) is 4.30. The highest BCUT2D eigenvalue weighted by atomic mass is 32.2. The molecule has 0 saturated heterocycles. The van der Waals surface area contributed by atoms with E-state index >= 15 is 0 Å². The number of nitrogens with zero attached hydrogens (tertiary/aromatic N) is 1.